The average Bonchev–Trinajstić information content (AvgIpc) is 3.81. The first-order chi connectivity index (χ1) is 26.1. The first-order valence-electron chi connectivity index (χ1n) is 18.3. The van der Waals surface area contributed by atoms with Gasteiger partial charge in [0, 0.05) is 54.9 Å². The molecule has 4 heterocycles. The van der Waals surface area contributed by atoms with Gasteiger partial charge in [0.05, 0.1) is 27.8 Å². The van der Waals surface area contributed by atoms with Crippen LogP contribution in [0.15, 0.2) is 170 Å². The zero-order chi connectivity index (χ0) is 35.3. The number of nitrogens with zero attached hydrogens (tertiary/aromatic N) is 4. The highest BCUT2D eigenvalue weighted by molar-refractivity contribution is 7.03. The fraction of sp³-hybridized carbons (Fsp3) is 0.0417. The Morgan fingerprint density at radius 2 is 1.11 bits per heavy atom. The number of para-hydroxylation sites is 3. The Balaban J connectivity index is 1.20. The molecule has 4 nitrogen and oxygen atoms in total. The molecule has 0 bridgehead atoms. The molecule has 0 saturated heterocycles. The van der Waals surface area contributed by atoms with Gasteiger partial charge in [0.2, 0.25) is 0 Å². The van der Waals surface area contributed by atoms with Crippen LogP contribution in [0.3, 0.4) is 0 Å². The molecule has 11 rings (SSSR count). The number of hydrogen-bond donors (Lipinski definition) is 0. The molecule has 250 valence electrons. The van der Waals surface area contributed by atoms with Crippen LogP contribution in [0.1, 0.15) is 0 Å². The van der Waals surface area contributed by atoms with Crippen LogP contribution in [0.5, 0.6) is 0 Å². The number of aromatic nitrogens is 4. The van der Waals surface area contributed by atoms with Crippen molar-refractivity contribution >= 4 is 62.2 Å². The summed E-state index contributed by atoms with van der Waals surface area (Å²) in [7, 11) is -2.09. The van der Waals surface area contributed by atoms with Crippen LogP contribution in [0.2, 0.25) is 13.1 Å². The van der Waals surface area contributed by atoms with E-state index in [1.165, 1.54) is 65.2 Å². The first-order valence-corrected chi connectivity index (χ1v) is 21.3. The zero-order valence-electron chi connectivity index (χ0n) is 29.5. The Labute approximate surface area is 308 Å². The molecule has 0 radical (unpaired) electrons. The SMILES string of the molecule is C[Si]1(C)c2ccccc2-c2c(-c3ccccc3)nc(-c3cccc(-n4c5ccccc5c5ccc6c(c7ccccc7n6-c6ccccc6)c54)c3)nc21. The molecule has 0 unspecified atom stereocenters. The standard InChI is InChI=1S/C48H34N4Si/c1-53(2)42-27-14-11-24-38(42)44-45(31-16-5-3-6-17-31)49-47(50-48(44)53)32-18-15-21-34(30-32)52-39-25-12-9-22-35(39)36-28-29-41-43(46(36)52)37-23-10-13-26-40(37)51(41)33-19-7-4-8-20-33/h3-30H,1-2H3. The molecule has 0 atom stereocenters. The number of fused-ring (bicyclic) bond motifs is 10. The van der Waals surface area contributed by atoms with Crippen LogP contribution in [0.25, 0.3) is 88.8 Å². The molecule has 0 fully saturated rings. The van der Waals surface area contributed by atoms with Crippen LogP contribution >= 0.6 is 0 Å². The summed E-state index contributed by atoms with van der Waals surface area (Å²) in [4.78, 5) is 10.9. The van der Waals surface area contributed by atoms with Crippen LogP contribution in [0, 0.1) is 0 Å². The summed E-state index contributed by atoms with van der Waals surface area (Å²) < 4.78 is 4.86. The van der Waals surface area contributed by atoms with E-state index in [4.69, 9.17) is 9.97 Å². The third-order valence-electron chi connectivity index (χ3n) is 11.3. The third kappa shape index (κ3) is 4.29. The molecule has 0 N–H and O–H groups in total. The molecule has 1 aliphatic rings. The third-order valence-corrected chi connectivity index (χ3v) is 14.6. The molecule has 0 spiro atoms. The van der Waals surface area contributed by atoms with Gasteiger partial charge in [-0.15, -0.1) is 0 Å². The van der Waals surface area contributed by atoms with Crippen molar-refractivity contribution < 1.29 is 0 Å². The lowest BCUT2D eigenvalue weighted by atomic mass is 10.0. The smallest absolute Gasteiger partial charge is 0.159 e. The summed E-state index contributed by atoms with van der Waals surface area (Å²) >= 11 is 0. The molecule has 0 saturated carbocycles. The van der Waals surface area contributed by atoms with Crippen molar-refractivity contribution in [3.8, 4) is 45.1 Å². The van der Waals surface area contributed by atoms with Crippen molar-refractivity contribution in [2.45, 2.75) is 13.1 Å². The van der Waals surface area contributed by atoms with Crippen molar-refractivity contribution in [3.63, 3.8) is 0 Å². The lowest BCUT2D eigenvalue weighted by Gasteiger charge is -2.19. The van der Waals surface area contributed by atoms with Crippen molar-refractivity contribution in [1.82, 2.24) is 19.1 Å². The Morgan fingerprint density at radius 3 is 1.92 bits per heavy atom. The summed E-state index contributed by atoms with van der Waals surface area (Å²) in [6.07, 6.45) is 0. The maximum Gasteiger partial charge on any atom is 0.159 e. The maximum absolute atomic E-state index is 5.49. The molecule has 5 heteroatoms. The second kappa shape index (κ2) is 11.2. The monoisotopic (exact) mass is 694 g/mol. The van der Waals surface area contributed by atoms with Crippen molar-refractivity contribution in [1.29, 1.82) is 0 Å². The van der Waals surface area contributed by atoms with Gasteiger partial charge in [0.15, 0.2) is 5.82 Å². The topological polar surface area (TPSA) is 35.6 Å². The van der Waals surface area contributed by atoms with E-state index in [0.717, 1.165) is 34.0 Å². The molecule has 0 aliphatic carbocycles. The minimum atomic E-state index is -2.09. The minimum absolute atomic E-state index is 0.768. The van der Waals surface area contributed by atoms with Gasteiger partial charge in [-0.1, -0.05) is 140 Å². The van der Waals surface area contributed by atoms with E-state index >= 15 is 0 Å². The molecule has 7 aromatic carbocycles. The van der Waals surface area contributed by atoms with Gasteiger partial charge in [-0.2, -0.15) is 0 Å². The average molecular weight is 695 g/mol. The molecular formula is C48H34N4Si. The highest BCUT2D eigenvalue weighted by Crippen LogP contribution is 2.42. The van der Waals surface area contributed by atoms with Crippen LogP contribution in [-0.4, -0.2) is 27.2 Å². The molecule has 53 heavy (non-hydrogen) atoms. The van der Waals surface area contributed by atoms with Crippen LogP contribution in [0.4, 0.5) is 0 Å². The van der Waals surface area contributed by atoms with Gasteiger partial charge < -0.3 is 9.13 Å². The van der Waals surface area contributed by atoms with Gasteiger partial charge >= 0.3 is 0 Å². The van der Waals surface area contributed by atoms with Crippen molar-refractivity contribution in [2.75, 3.05) is 0 Å². The maximum atomic E-state index is 5.49. The highest BCUT2D eigenvalue weighted by Gasteiger charge is 2.41. The first kappa shape index (κ1) is 30.1. The van der Waals surface area contributed by atoms with E-state index < -0.39 is 8.07 Å². The lowest BCUT2D eigenvalue weighted by molar-refractivity contribution is 1.17. The van der Waals surface area contributed by atoms with E-state index in [-0.39, 0.29) is 0 Å². The van der Waals surface area contributed by atoms with Gasteiger partial charge in [-0.25, -0.2) is 9.97 Å². The predicted molar refractivity (Wildman–Crippen MR) is 224 cm³/mol. The summed E-state index contributed by atoms with van der Waals surface area (Å²) in [6.45, 7) is 4.85. The lowest BCUT2D eigenvalue weighted by Crippen LogP contribution is -2.50. The minimum Gasteiger partial charge on any atom is -0.309 e. The van der Waals surface area contributed by atoms with Crippen LogP contribution in [-0.2, 0) is 0 Å². The fourth-order valence-electron chi connectivity index (χ4n) is 8.89. The number of hydrogen-bond acceptors (Lipinski definition) is 2. The molecule has 1 aliphatic heterocycles. The summed E-state index contributed by atoms with van der Waals surface area (Å²) in [5.41, 5.74) is 12.6. The Morgan fingerprint density at radius 1 is 0.472 bits per heavy atom. The Kier molecular flexibility index (Phi) is 6.37. The van der Waals surface area contributed by atoms with Crippen LogP contribution < -0.4 is 10.5 Å². The van der Waals surface area contributed by atoms with E-state index in [0.29, 0.717) is 0 Å². The van der Waals surface area contributed by atoms with Crippen molar-refractivity contribution in [3.05, 3.63) is 170 Å². The van der Waals surface area contributed by atoms with Gasteiger partial charge in [0.1, 0.15) is 8.07 Å². The zero-order valence-corrected chi connectivity index (χ0v) is 30.5. The van der Waals surface area contributed by atoms with Crippen molar-refractivity contribution in [2.24, 2.45) is 0 Å². The Hall–Kier alpha value is -6.56. The fourth-order valence-corrected chi connectivity index (χ4v) is 11.8. The quantitative estimate of drug-likeness (QED) is 0.172. The van der Waals surface area contributed by atoms with E-state index in [9.17, 15) is 0 Å². The molecule has 3 aromatic heterocycles. The predicted octanol–water partition coefficient (Wildman–Crippen LogP) is 10.8. The van der Waals surface area contributed by atoms with E-state index in [1.54, 1.807) is 0 Å². The highest BCUT2D eigenvalue weighted by atomic mass is 28.3. The Bertz CT molecular complexity index is 3080. The largest absolute Gasteiger partial charge is 0.309 e. The summed E-state index contributed by atoms with van der Waals surface area (Å²) in [5, 5.41) is 7.58. The second-order valence-corrected chi connectivity index (χ2v) is 18.9. The molecule has 0 amide bonds. The number of benzene rings is 7. The van der Waals surface area contributed by atoms with Gasteiger partial charge in [-0.3, -0.25) is 0 Å². The van der Waals surface area contributed by atoms with E-state index in [1.807, 2.05) is 0 Å². The normalized spacial score (nSPS) is 13.2. The van der Waals surface area contributed by atoms with E-state index in [2.05, 4.69) is 192 Å². The molecule has 10 aromatic rings. The van der Waals surface area contributed by atoms with Gasteiger partial charge in [0.25, 0.3) is 0 Å². The molecular weight excluding hydrogens is 661 g/mol. The number of rotatable bonds is 4. The second-order valence-electron chi connectivity index (χ2n) is 14.6. The summed E-state index contributed by atoms with van der Waals surface area (Å²) in [5.74, 6) is 0.768. The van der Waals surface area contributed by atoms with Gasteiger partial charge in [-0.05, 0) is 53.2 Å². The summed E-state index contributed by atoms with van der Waals surface area (Å²) in [6, 6.07) is 61.2.